The van der Waals surface area contributed by atoms with Crippen molar-refractivity contribution < 1.29 is 27.9 Å². The molecule has 0 aromatic heterocycles. The number of nitrogens with one attached hydrogen (secondary N) is 2. The third-order valence-electron chi connectivity index (χ3n) is 2.73. The van der Waals surface area contributed by atoms with Gasteiger partial charge in [-0.3, -0.25) is 9.59 Å². The molecular weight excluding hydrogens is 336 g/mol. The number of methoxy groups -OCH3 is 1. The van der Waals surface area contributed by atoms with E-state index in [0.29, 0.717) is 5.69 Å². The number of rotatable bonds is 7. The Morgan fingerprint density at radius 1 is 1.25 bits per heavy atom. The third kappa shape index (κ3) is 6.37. The number of aliphatic carboxylic acids is 1. The lowest BCUT2D eigenvalue weighted by atomic mass is 10.2. The Labute approximate surface area is 140 Å². The Balaban J connectivity index is 2.87. The summed E-state index contributed by atoms with van der Waals surface area (Å²) in [6, 6.07) is 3.97. The molecule has 8 nitrogen and oxygen atoms in total. The highest BCUT2D eigenvalue weighted by Crippen LogP contribution is 2.14. The average molecular weight is 354 g/mol. The minimum atomic E-state index is -4.04. The molecule has 1 aromatic carbocycles. The van der Waals surface area contributed by atoms with Crippen LogP contribution in [0.1, 0.15) is 13.3 Å². The van der Waals surface area contributed by atoms with Crippen LogP contribution < -0.4 is 10.0 Å². The summed E-state index contributed by atoms with van der Waals surface area (Å²) in [5.74, 6) is 3.48. The Hall–Kier alpha value is -2.41. The van der Waals surface area contributed by atoms with E-state index in [9.17, 15) is 18.0 Å². The summed E-state index contributed by atoms with van der Waals surface area (Å²) in [5, 5.41) is 11.6. The fourth-order valence-electron chi connectivity index (χ4n) is 1.65. The number of carbonyl (C=O) groups is 2. The first-order valence-electron chi connectivity index (χ1n) is 6.83. The van der Waals surface area contributed by atoms with Crippen LogP contribution in [0.15, 0.2) is 29.2 Å². The van der Waals surface area contributed by atoms with Gasteiger partial charge in [-0.15, -0.1) is 0 Å². The quantitative estimate of drug-likeness (QED) is 0.610. The van der Waals surface area contributed by atoms with Gasteiger partial charge in [-0.25, -0.2) is 8.42 Å². The summed E-state index contributed by atoms with van der Waals surface area (Å²) in [5.41, 5.74) is 0.432. The van der Waals surface area contributed by atoms with Gasteiger partial charge in [-0.05, 0) is 24.3 Å². The van der Waals surface area contributed by atoms with Gasteiger partial charge in [-0.2, -0.15) is 4.72 Å². The average Bonchev–Trinajstić information content (AvgIpc) is 2.50. The largest absolute Gasteiger partial charge is 0.480 e. The summed E-state index contributed by atoms with van der Waals surface area (Å²) in [6.45, 7) is 1.46. The highest BCUT2D eigenvalue weighted by Gasteiger charge is 2.24. The molecule has 0 saturated heterocycles. The van der Waals surface area contributed by atoms with Gasteiger partial charge in [0.2, 0.25) is 15.9 Å². The minimum Gasteiger partial charge on any atom is -0.480 e. The highest BCUT2D eigenvalue weighted by atomic mass is 32.2. The lowest BCUT2D eigenvalue weighted by molar-refractivity contribution is -0.138. The van der Waals surface area contributed by atoms with Gasteiger partial charge in [0.25, 0.3) is 0 Å². The minimum absolute atomic E-state index is 0.118. The van der Waals surface area contributed by atoms with Crippen molar-refractivity contribution >= 4 is 27.6 Å². The molecule has 1 rings (SSSR count). The van der Waals surface area contributed by atoms with Crippen molar-refractivity contribution in [3.63, 3.8) is 0 Å². The van der Waals surface area contributed by atoms with E-state index >= 15 is 0 Å². The summed E-state index contributed by atoms with van der Waals surface area (Å²) in [7, 11) is -2.59. The van der Waals surface area contributed by atoms with Crippen LogP contribution in [-0.2, 0) is 24.3 Å². The van der Waals surface area contributed by atoms with Crippen molar-refractivity contribution in [2.24, 2.45) is 0 Å². The van der Waals surface area contributed by atoms with E-state index in [1.54, 1.807) is 0 Å². The summed E-state index contributed by atoms with van der Waals surface area (Å²) >= 11 is 0. The highest BCUT2D eigenvalue weighted by molar-refractivity contribution is 7.89. The van der Waals surface area contributed by atoms with E-state index < -0.39 is 22.0 Å². The molecule has 9 heteroatoms. The molecule has 0 spiro atoms. The molecule has 0 radical (unpaired) electrons. The topological polar surface area (TPSA) is 122 Å². The fraction of sp³-hybridized carbons (Fsp3) is 0.333. The van der Waals surface area contributed by atoms with Crippen molar-refractivity contribution in [3.05, 3.63) is 24.3 Å². The van der Waals surface area contributed by atoms with Gasteiger partial charge in [0.15, 0.2) is 0 Å². The monoisotopic (exact) mass is 354 g/mol. The molecule has 0 aliphatic carbocycles. The first kappa shape index (κ1) is 19.6. The molecule has 1 aromatic rings. The second kappa shape index (κ2) is 9.02. The molecule has 1 unspecified atom stereocenters. The molecule has 3 N–H and O–H groups in total. The molecule has 0 saturated carbocycles. The van der Waals surface area contributed by atoms with Crippen LogP contribution in [0.4, 0.5) is 5.69 Å². The Bertz CT molecular complexity index is 746. The first-order valence-corrected chi connectivity index (χ1v) is 8.32. The molecular formula is C15H18N2O6S. The normalized spacial score (nSPS) is 11.9. The first-order chi connectivity index (χ1) is 11.3. The molecule has 0 fully saturated rings. The van der Waals surface area contributed by atoms with Crippen molar-refractivity contribution in [1.29, 1.82) is 0 Å². The number of anilines is 1. The number of amides is 1. The predicted octanol–water partition coefficient (Wildman–Crippen LogP) is 0.416. The molecule has 130 valence electrons. The number of hydrogen-bond acceptors (Lipinski definition) is 5. The van der Waals surface area contributed by atoms with E-state index in [2.05, 4.69) is 21.9 Å². The summed E-state index contributed by atoms with van der Waals surface area (Å²) in [6.07, 6.45) is -0.193. The molecule has 1 amide bonds. The standard InChI is InChI=1S/C15H18N2O6S/c1-11(18)16-12-6-8-13(9-7-12)24(21,22)17-14(15(19)20)5-3-4-10-23-2/h6-9,14,17H,5,10H2,1-2H3,(H,16,18)(H,19,20). The van der Waals surface area contributed by atoms with Gasteiger partial charge in [0, 0.05) is 26.1 Å². The Kier molecular flexibility index (Phi) is 7.38. The van der Waals surface area contributed by atoms with Crippen LogP contribution >= 0.6 is 0 Å². The Morgan fingerprint density at radius 3 is 2.38 bits per heavy atom. The van der Waals surface area contributed by atoms with Crippen LogP contribution in [0.5, 0.6) is 0 Å². The van der Waals surface area contributed by atoms with E-state index in [1.807, 2.05) is 0 Å². The maximum atomic E-state index is 12.2. The van der Waals surface area contributed by atoms with E-state index in [1.165, 1.54) is 38.3 Å². The van der Waals surface area contributed by atoms with Crippen LogP contribution in [0, 0.1) is 11.8 Å². The SMILES string of the molecule is COCC#CCC(NS(=O)(=O)c1ccc(NC(C)=O)cc1)C(=O)O. The molecule has 24 heavy (non-hydrogen) atoms. The maximum absolute atomic E-state index is 12.2. The van der Waals surface area contributed by atoms with Gasteiger partial charge in [0.1, 0.15) is 12.6 Å². The molecule has 1 atom stereocenters. The van der Waals surface area contributed by atoms with Gasteiger partial charge in [0.05, 0.1) is 4.90 Å². The summed E-state index contributed by atoms with van der Waals surface area (Å²) in [4.78, 5) is 22.0. The predicted molar refractivity (Wildman–Crippen MR) is 86.8 cm³/mol. The van der Waals surface area contributed by atoms with Crippen molar-refractivity contribution in [1.82, 2.24) is 4.72 Å². The van der Waals surface area contributed by atoms with E-state index in [4.69, 9.17) is 9.84 Å². The number of carboxylic acid groups (broad SMARTS) is 1. The van der Waals surface area contributed by atoms with Crippen molar-refractivity contribution in [2.45, 2.75) is 24.3 Å². The number of ether oxygens (including phenoxy) is 1. The third-order valence-corrected chi connectivity index (χ3v) is 4.22. The molecule has 0 aliphatic rings. The van der Waals surface area contributed by atoms with E-state index in [-0.39, 0.29) is 23.8 Å². The molecule has 0 bridgehead atoms. The van der Waals surface area contributed by atoms with Crippen molar-refractivity contribution in [2.75, 3.05) is 19.0 Å². The second-order valence-electron chi connectivity index (χ2n) is 4.71. The molecule has 0 heterocycles. The Morgan fingerprint density at radius 2 is 1.88 bits per heavy atom. The zero-order valence-electron chi connectivity index (χ0n) is 13.2. The zero-order valence-corrected chi connectivity index (χ0v) is 14.0. The lowest BCUT2D eigenvalue weighted by Crippen LogP contribution is -2.40. The van der Waals surface area contributed by atoms with Crippen LogP contribution in [0.25, 0.3) is 0 Å². The summed E-state index contributed by atoms with van der Waals surface area (Å²) < 4.78 is 31.3. The maximum Gasteiger partial charge on any atom is 0.322 e. The second-order valence-corrected chi connectivity index (χ2v) is 6.42. The van der Waals surface area contributed by atoms with Gasteiger partial charge < -0.3 is 15.2 Å². The number of hydrogen-bond donors (Lipinski definition) is 3. The number of benzene rings is 1. The van der Waals surface area contributed by atoms with E-state index in [0.717, 1.165) is 0 Å². The fourth-order valence-corrected chi connectivity index (χ4v) is 2.84. The van der Waals surface area contributed by atoms with Gasteiger partial charge >= 0.3 is 5.97 Å². The molecule has 0 aliphatic heterocycles. The smallest absolute Gasteiger partial charge is 0.322 e. The zero-order chi connectivity index (χ0) is 18.2. The van der Waals surface area contributed by atoms with Crippen LogP contribution in [-0.4, -0.2) is 45.2 Å². The van der Waals surface area contributed by atoms with Crippen molar-refractivity contribution in [3.8, 4) is 11.8 Å². The van der Waals surface area contributed by atoms with Crippen LogP contribution in [0.3, 0.4) is 0 Å². The number of sulfonamides is 1. The number of carbonyl (C=O) groups excluding carboxylic acids is 1. The van der Waals surface area contributed by atoms with Crippen LogP contribution in [0.2, 0.25) is 0 Å². The number of carboxylic acids is 1. The lowest BCUT2D eigenvalue weighted by Gasteiger charge is -2.13. The van der Waals surface area contributed by atoms with Gasteiger partial charge in [-0.1, -0.05) is 11.8 Å².